The van der Waals surface area contributed by atoms with Gasteiger partial charge in [-0.25, -0.2) is 0 Å². The summed E-state index contributed by atoms with van der Waals surface area (Å²) in [5.41, 5.74) is 7.10. The number of hydrogen-bond acceptors (Lipinski definition) is 5. The molecule has 1 aromatic heterocycles. The SMILES string of the molecule is CCC(N)Cc1cc(Br)ccc1OCc1nc(C)no1. The lowest BCUT2D eigenvalue weighted by atomic mass is 10.0. The first kappa shape index (κ1) is 15.0. The van der Waals surface area contributed by atoms with Gasteiger partial charge in [0.1, 0.15) is 5.75 Å². The molecule has 0 saturated carbocycles. The molecule has 6 heteroatoms. The lowest BCUT2D eigenvalue weighted by molar-refractivity contribution is 0.240. The predicted octanol–water partition coefficient (Wildman–Crippen LogP) is 3.00. The summed E-state index contributed by atoms with van der Waals surface area (Å²) in [6.45, 7) is 4.11. The third kappa shape index (κ3) is 4.05. The summed E-state index contributed by atoms with van der Waals surface area (Å²) < 4.78 is 11.8. The number of aryl methyl sites for hydroxylation is 1. The maximum absolute atomic E-state index is 6.02. The third-order valence-electron chi connectivity index (χ3n) is 2.95. The van der Waals surface area contributed by atoms with Crippen molar-refractivity contribution in [1.29, 1.82) is 0 Å². The van der Waals surface area contributed by atoms with Crippen molar-refractivity contribution in [3.05, 3.63) is 40.0 Å². The van der Waals surface area contributed by atoms with Crippen LogP contribution in [0.1, 0.15) is 30.6 Å². The molecule has 1 unspecified atom stereocenters. The van der Waals surface area contributed by atoms with E-state index in [4.69, 9.17) is 15.0 Å². The van der Waals surface area contributed by atoms with Gasteiger partial charge in [-0.15, -0.1) is 0 Å². The number of hydrogen-bond donors (Lipinski definition) is 1. The second-order valence-corrected chi connectivity index (χ2v) is 5.56. The van der Waals surface area contributed by atoms with E-state index in [0.29, 0.717) is 11.7 Å². The summed E-state index contributed by atoms with van der Waals surface area (Å²) in [4.78, 5) is 4.11. The Hall–Kier alpha value is -1.40. The number of nitrogens with two attached hydrogens (primary N) is 1. The summed E-state index contributed by atoms with van der Waals surface area (Å²) >= 11 is 3.47. The summed E-state index contributed by atoms with van der Waals surface area (Å²) in [5.74, 6) is 1.87. The number of benzene rings is 1. The van der Waals surface area contributed by atoms with Crippen LogP contribution < -0.4 is 10.5 Å². The van der Waals surface area contributed by atoms with Gasteiger partial charge in [-0.05, 0) is 43.5 Å². The van der Waals surface area contributed by atoms with Crippen LogP contribution in [-0.2, 0) is 13.0 Å². The zero-order valence-corrected chi connectivity index (χ0v) is 13.2. The number of ether oxygens (including phenoxy) is 1. The molecule has 2 aromatic rings. The van der Waals surface area contributed by atoms with E-state index in [0.717, 1.165) is 28.6 Å². The first-order valence-electron chi connectivity index (χ1n) is 6.54. The molecule has 2 N–H and O–H groups in total. The predicted molar refractivity (Wildman–Crippen MR) is 79.5 cm³/mol. The topological polar surface area (TPSA) is 74.2 Å². The summed E-state index contributed by atoms with van der Waals surface area (Å²) in [6.07, 6.45) is 1.70. The van der Waals surface area contributed by atoms with Gasteiger partial charge in [0.25, 0.3) is 5.89 Å². The highest BCUT2D eigenvalue weighted by Gasteiger charge is 2.10. The molecule has 1 aromatic carbocycles. The van der Waals surface area contributed by atoms with Crippen LogP contribution in [0.25, 0.3) is 0 Å². The van der Waals surface area contributed by atoms with E-state index in [9.17, 15) is 0 Å². The van der Waals surface area contributed by atoms with Crippen LogP contribution in [0.2, 0.25) is 0 Å². The molecule has 0 fully saturated rings. The fraction of sp³-hybridized carbons (Fsp3) is 0.429. The highest BCUT2D eigenvalue weighted by Crippen LogP contribution is 2.25. The monoisotopic (exact) mass is 339 g/mol. The van der Waals surface area contributed by atoms with E-state index in [2.05, 4.69) is 33.0 Å². The van der Waals surface area contributed by atoms with Gasteiger partial charge in [-0.1, -0.05) is 28.0 Å². The molecule has 0 aliphatic heterocycles. The first-order valence-corrected chi connectivity index (χ1v) is 7.33. The first-order chi connectivity index (χ1) is 9.58. The van der Waals surface area contributed by atoms with E-state index in [1.54, 1.807) is 6.92 Å². The van der Waals surface area contributed by atoms with Crippen LogP contribution in [0.5, 0.6) is 5.75 Å². The molecule has 1 heterocycles. The number of nitrogens with zero attached hydrogens (tertiary/aromatic N) is 2. The Balaban J connectivity index is 2.09. The highest BCUT2D eigenvalue weighted by atomic mass is 79.9. The lowest BCUT2D eigenvalue weighted by Crippen LogP contribution is -2.21. The number of aromatic nitrogens is 2. The molecule has 2 rings (SSSR count). The van der Waals surface area contributed by atoms with Crippen molar-refractivity contribution in [2.24, 2.45) is 5.73 Å². The van der Waals surface area contributed by atoms with Gasteiger partial charge in [0.15, 0.2) is 12.4 Å². The third-order valence-corrected chi connectivity index (χ3v) is 3.44. The van der Waals surface area contributed by atoms with Gasteiger partial charge in [-0.2, -0.15) is 4.98 Å². The molecule has 1 atom stereocenters. The molecule has 0 radical (unpaired) electrons. The van der Waals surface area contributed by atoms with E-state index in [-0.39, 0.29) is 12.6 Å². The summed E-state index contributed by atoms with van der Waals surface area (Å²) in [6, 6.07) is 6.02. The highest BCUT2D eigenvalue weighted by molar-refractivity contribution is 9.10. The maximum Gasteiger partial charge on any atom is 0.264 e. The zero-order valence-electron chi connectivity index (χ0n) is 11.6. The average Bonchev–Trinajstić information content (AvgIpc) is 2.83. The number of halogens is 1. The molecule has 20 heavy (non-hydrogen) atoms. The van der Waals surface area contributed by atoms with Crippen LogP contribution >= 0.6 is 15.9 Å². The molecule has 5 nitrogen and oxygen atoms in total. The summed E-state index contributed by atoms with van der Waals surface area (Å²) in [7, 11) is 0. The maximum atomic E-state index is 6.02. The van der Waals surface area contributed by atoms with Gasteiger partial charge < -0.3 is 15.0 Å². The Labute approximate surface area is 126 Å². The number of rotatable bonds is 6. The van der Waals surface area contributed by atoms with Gasteiger partial charge in [0.2, 0.25) is 0 Å². The van der Waals surface area contributed by atoms with Crippen molar-refractivity contribution in [3.8, 4) is 5.75 Å². The Morgan fingerprint density at radius 2 is 2.25 bits per heavy atom. The van der Waals surface area contributed by atoms with Crippen molar-refractivity contribution in [3.63, 3.8) is 0 Å². The van der Waals surface area contributed by atoms with E-state index in [1.165, 1.54) is 0 Å². The van der Waals surface area contributed by atoms with Gasteiger partial charge >= 0.3 is 0 Å². The van der Waals surface area contributed by atoms with Crippen LogP contribution in [0.3, 0.4) is 0 Å². The van der Waals surface area contributed by atoms with E-state index < -0.39 is 0 Å². The van der Waals surface area contributed by atoms with E-state index in [1.807, 2.05) is 18.2 Å². The zero-order chi connectivity index (χ0) is 14.5. The fourth-order valence-corrected chi connectivity index (χ4v) is 2.22. The van der Waals surface area contributed by atoms with Crippen molar-refractivity contribution < 1.29 is 9.26 Å². The van der Waals surface area contributed by atoms with Crippen LogP contribution in [0.15, 0.2) is 27.2 Å². The van der Waals surface area contributed by atoms with Crippen molar-refractivity contribution in [2.45, 2.75) is 39.3 Å². The standard InChI is InChI=1S/C14H18BrN3O2/c1-3-12(16)7-10-6-11(15)4-5-13(10)19-8-14-17-9(2)18-20-14/h4-6,12H,3,7-8,16H2,1-2H3. The molecular formula is C14H18BrN3O2. The average molecular weight is 340 g/mol. The Morgan fingerprint density at radius 3 is 2.90 bits per heavy atom. The minimum absolute atomic E-state index is 0.122. The van der Waals surface area contributed by atoms with Crippen LogP contribution in [0.4, 0.5) is 0 Å². The van der Waals surface area contributed by atoms with Crippen LogP contribution in [-0.4, -0.2) is 16.2 Å². The molecule has 0 aliphatic rings. The molecule has 0 bridgehead atoms. The van der Waals surface area contributed by atoms with Crippen molar-refractivity contribution >= 4 is 15.9 Å². The minimum atomic E-state index is 0.122. The molecule has 0 amide bonds. The van der Waals surface area contributed by atoms with Crippen molar-refractivity contribution in [1.82, 2.24) is 10.1 Å². The van der Waals surface area contributed by atoms with Gasteiger partial charge in [-0.3, -0.25) is 0 Å². The normalized spacial score (nSPS) is 12.4. The fourth-order valence-electron chi connectivity index (χ4n) is 1.81. The molecule has 0 saturated heterocycles. The Morgan fingerprint density at radius 1 is 1.45 bits per heavy atom. The van der Waals surface area contributed by atoms with Crippen molar-refractivity contribution in [2.75, 3.05) is 0 Å². The summed E-state index contributed by atoms with van der Waals surface area (Å²) in [5, 5.41) is 3.73. The molecule has 108 valence electrons. The second-order valence-electron chi connectivity index (χ2n) is 4.65. The largest absolute Gasteiger partial charge is 0.483 e. The Kier molecular flexibility index (Phi) is 5.14. The second kappa shape index (κ2) is 6.85. The Bertz CT molecular complexity index is 571. The molecule has 0 aliphatic carbocycles. The minimum Gasteiger partial charge on any atom is -0.483 e. The molecular weight excluding hydrogens is 322 g/mol. The smallest absolute Gasteiger partial charge is 0.264 e. The van der Waals surface area contributed by atoms with Gasteiger partial charge in [0, 0.05) is 10.5 Å². The van der Waals surface area contributed by atoms with E-state index >= 15 is 0 Å². The quantitative estimate of drug-likeness (QED) is 0.875. The molecule has 0 spiro atoms. The lowest BCUT2D eigenvalue weighted by Gasteiger charge is -2.14. The van der Waals surface area contributed by atoms with Gasteiger partial charge in [0.05, 0.1) is 0 Å². The van der Waals surface area contributed by atoms with Crippen LogP contribution in [0, 0.1) is 6.92 Å².